The average Bonchev–Trinajstić information content (AvgIpc) is 3.34. The van der Waals surface area contributed by atoms with Crippen LogP contribution in [0.3, 0.4) is 0 Å². The van der Waals surface area contributed by atoms with E-state index in [0.717, 1.165) is 21.9 Å². The van der Waals surface area contributed by atoms with Crippen LogP contribution in [0.4, 0.5) is 11.4 Å². The molecule has 0 spiro atoms. The summed E-state index contributed by atoms with van der Waals surface area (Å²) in [5, 5.41) is 12.3. The molecule has 0 unspecified atom stereocenters. The highest BCUT2D eigenvalue weighted by molar-refractivity contribution is 6.19. The molecule has 0 fully saturated rings. The van der Waals surface area contributed by atoms with Gasteiger partial charge in [-0.3, -0.25) is 14.6 Å². The van der Waals surface area contributed by atoms with Crippen molar-refractivity contribution in [2.45, 2.75) is 24.9 Å². The maximum atomic E-state index is 13.7. The smallest absolute Gasteiger partial charge is 0.264 e. The Labute approximate surface area is 247 Å². The first-order chi connectivity index (χ1) is 20.5. The SMILES string of the molecule is COc1cc2c(cc1OCC(=O)N1C[C@@H](CCl)c3c1cc(O)c1ccccc31)N=C[C@@H]1Cc3ccccc3CN1C2=O. The summed E-state index contributed by atoms with van der Waals surface area (Å²) in [6.07, 6.45) is 2.51. The minimum atomic E-state index is -0.287. The minimum absolute atomic E-state index is 0.0804. The van der Waals surface area contributed by atoms with Crippen LogP contribution < -0.4 is 14.4 Å². The van der Waals surface area contributed by atoms with Crippen molar-refractivity contribution < 1.29 is 24.2 Å². The molecule has 0 saturated heterocycles. The molecule has 0 bridgehead atoms. The fourth-order valence-corrected chi connectivity index (χ4v) is 6.58. The number of amides is 2. The second kappa shape index (κ2) is 10.4. The van der Waals surface area contributed by atoms with Crippen LogP contribution in [-0.2, 0) is 17.8 Å². The second-order valence-corrected chi connectivity index (χ2v) is 11.1. The molecular weight excluding hydrogens is 554 g/mol. The van der Waals surface area contributed by atoms with E-state index in [2.05, 4.69) is 11.1 Å². The zero-order valence-electron chi connectivity index (χ0n) is 22.9. The number of alkyl halides is 1. The molecule has 1 N–H and O–H groups in total. The molecule has 0 aromatic heterocycles. The molecule has 0 saturated carbocycles. The van der Waals surface area contributed by atoms with Crippen molar-refractivity contribution in [1.82, 2.24) is 4.90 Å². The van der Waals surface area contributed by atoms with Gasteiger partial charge < -0.3 is 24.4 Å². The van der Waals surface area contributed by atoms with Crippen molar-refractivity contribution in [1.29, 1.82) is 0 Å². The second-order valence-electron chi connectivity index (χ2n) is 10.8. The standard InChI is InChI=1S/C33H28ClN3O5/c1-41-29-11-25-26(35-15-22-10-19-6-2-3-7-20(19)16-36(22)33(25)40)12-30(29)42-18-31(39)37-17-21(14-34)32-24-9-5-4-8-23(24)28(38)13-27(32)37/h2-9,11-13,15,21-22,38H,10,14,16-18H2,1H3/t21-,22+/m1/s1. The quantitative estimate of drug-likeness (QED) is 0.311. The Morgan fingerprint density at radius 2 is 1.81 bits per heavy atom. The number of fused-ring (bicyclic) bond motifs is 6. The van der Waals surface area contributed by atoms with Crippen molar-refractivity contribution in [3.8, 4) is 17.2 Å². The van der Waals surface area contributed by atoms with E-state index in [1.807, 2.05) is 53.6 Å². The van der Waals surface area contributed by atoms with Crippen molar-refractivity contribution >= 4 is 51.8 Å². The molecule has 42 heavy (non-hydrogen) atoms. The van der Waals surface area contributed by atoms with Crippen molar-refractivity contribution in [2.75, 3.05) is 31.0 Å². The summed E-state index contributed by atoms with van der Waals surface area (Å²) in [6.45, 7) is 0.610. The molecule has 212 valence electrons. The first kappa shape index (κ1) is 26.3. The van der Waals surface area contributed by atoms with E-state index in [9.17, 15) is 14.7 Å². The Morgan fingerprint density at radius 1 is 1.05 bits per heavy atom. The number of ether oxygens (including phenoxy) is 2. The van der Waals surface area contributed by atoms with Gasteiger partial charge in [-0.25, -0.2) is 0 Å². The fraction of sp³-hybridized carbons (Fsp3) is 0.242. The van der Waals surface area contributed by atoms with Crippen LogP contribution in [0.5, 0.6) is 17.2 Å². The lowest BCUT2D eigenvalue weighted by atomic mass is 9.94. The van der Waals surface area contributed by atoms with E-state index in [-0.39, 0.29) is 36.1 Å². The lowest BCUT2D eigenvalue weighted by Gasteiger charge is -2.34. The Balaban J connectivity index is 1.15. The summed E-state index contributed by atoms with van der Waals surface area (Å²) in [5.74, 6) is 0.592. The first-order valence-electron chi connectivity index (χ1n) is 13.8. The topological polar surface area (TPSA) is 91.7 Å². The largest absolute Gasteiger partial charge is 0.507 e. The lowest BCUT2D eigenvalue weighted by molar-refractivity contribution is -0.120. The summed E-state index contributed by atoms with van der Waals surface area (Å²) in [6, 6.07) is 20.5. The number of rotatable bonds is 5. The summed E-state index contributed by atoms with van der Waals surface area (Å²) in [7, 11) is 1.50. The number of halogens is 1. The normalized spacial score (nSPS) is 18.7. The summed E-state index contributed by atoms with van der Waals surface area (Å²) in [4.78, 5) is 35.3. The third kappa shape index (κ3) is 4.25. The van der Waals surface area contributed by atoms with Crippen LogP contribution >= 0.6 is 11.6 Å². The predicted molar refractivity (Wildman–Crippen MR) is 162 cm³/mol. The van der Waals surface area contributed by atoms with Gasteiger partial charge >= 0.3 is 0 Å². The fourth-order valence-electron chi connectivity index (χ4n) is 6.33. The number of methoxy groups -OCH3 is 1. The van der Waals surface area contributed by atoms with Gasteiger partial charge in [0.2, 0.25) is 0 Å². The van der Waals surface area contributed by atoms with Gasteiger partial charge in [0, 0.05) is 48.6 Å². The van der Waals surface area contributed by atoms with Crippen LogP contribution in [0.1, 0.15) is 33.0 Å². The summed E-state index contributed by atoms with van der Waals surface area (Å²) < 4.78 is 11.6. The molecule has 3 heterocycles. The molecule has 9 heteroatoms. The molecule has 2 atom stereocenters. The average molecular weight is 582 g/mol. The minimum Gasteiger partial charge on any atom is -0.507 e. The third-order valence-electron chi connectivity index (χ3n) is 8.43. The first-order valence-corrected chi connectivity index (χ1v) is 14.4. The molecule has 4 aromatic carbocycles. The molecule has 0 aliphatic carbocycles. The van der Waals surface area contributed by atoms with Crippen LogP contribution in [0, 0.1) is 0 Å². The maximum absolute atomic E-state index is 13.7. The predicted octanol–water partition coefficient (Wildman–Crippen LogP) is 5.59. The molecular formula is C33H28ClN3O5. The number of aliphatic imine (C=N–C) groups is 1. The van der Waals surface area contributed by atoms with E-state index in [4.69, 9.17) is 21.1 Å². The van der Waals surface area contributed by atoms with Crippen LogP contribution in [0.15, 0.2) is 71.7 Å². The zero-order chi connectivity index (χ0) is 29.0. The van der Waals surface area contributed by atoms with Crippen molar-refractivity contribution in [3.63, 3.8) is 0 Å². The number of hydrogen-bond donors (Lipinski definition) is 1. The highest BCUT2D eigenvalue weighted by Crippen LogP contribution is 2.45. The Morgan fingerprint density at radius 3 is 2.60 bits per heavy atom. The number of aromatic hydroxyl groups is 1. The molecule has 7 rings (SSSR count). The van der Waals surface area contributed by atoms with E-state index in [1.165, 1.54) is 12.7 Å². The van der Waals surface area contributed by atoms with E-state index in [0.29, 0.717) is 53.8 Å². The third-order valence-corrected chi connectivity index (χ3v) is 8.80. The van der Waals surface area contributed by atoms with Gasteiger partial charge in [-0.15, -0.1) is 11.6 Å². The summed E-state index contributed by atoms with van der Waals surface area (Å²) in [5.41, 5.74) is 4.81. The van der Waals surface area contributed by atoms with Gasteiger partial charge in [-0.2, -0.15) is 0 Å². The Bertz CT molecular complexity index is 1790. The number of benzene rings is 4. The molecule has 3 aliphatic rings. The van der Waals surface area contributed by atoms with Gasteiger partial charge in [-0.1, -0.05) is 48.5 Å². The maximum Gasteiger partial charge on any atom is 0.264 e. The number of carbonyl (C=O) groups excluding carboxylic acids is 2. The Hall–Kier alpha value is -4.56. The van der Waals surface area contributed by atoms with Crippen LogP contribution in [0.25, 0.3) is 10.8 Å². The van der Waals surface area contributed by atoms with Crippen molar-refractivity contribution in [3.05, 3.63) is 89.0 Å². The van der Waals surface area contributed by atoms with E-state index < -0.39 is 0 Å². The number of carbonyl (C=O) groups is 2. The van der Waals surface area contributed by atoms with E-state index in [1.54, 1.807) is 23.1 Å². The Kier molecular flexibility index (Phi) is 6.50. The number of phenols is 1. The molecule has 8 nitrogen and oxygen atoms in total. The van der Waals surface area contributed by atoms with Gasteiger partial charge in [0.1, 0.15) is 5.75 Å². The molecule has 2 amide bonds. The number of hydrogen-bond acceptors (Lipinski definition) is 6. The monoisotopic (exact) mass is 581 g/mol. The molecule has 0 radical (unpaired) electrons. The highest BCUT2D eigenvalue weighted by atomic mass is 35.5. The number of phenolic OH excluding ortho intramolecular Hbond substituents is 1. The zero-order valence-corrected chi connectivity index (χ0v) is 23.7. The van der Waals surface area contributed by atoms with Crippen molar-refractivity contribution in [2.24, 2.45) is 4.99 Å². The van der Waals surface area contributed by atoms with Gasteiger partial charge in [0.05, 0.1) is 30.1 Å². The highest BCUT2D eigenvalue weighted by Gasteiger charge is 2.36. The number of nitrogens with zero attached hydrogens (tertiary/aromatic N) is 3. The van der Waals surface area contributed by atoms with E-state index >= 15 is 0 Å². The lowest BCUT2D eigenvalue weighted by Crippen LogP contribution is -2.44. The van der Waals surface area contributed by atoms with Gasteiger partial charge in [-0.05, 0) is 34.6 Å². The van der Waals surface area contributed by atoms with Crippen LogP contribution in [-0.4, -0.2) is 60.2 Å². The summed E-state index contributed by atoms with van der Waals surface area (Å²) >= 11 is 6.33. The molecule has 4 aromatic rings. The molecule has 3 aliphatic heterocycles. The van der Waals surface area contributed by atoms with Gasteiger partial charge in [0.25, 0.3) is 11.8 Å². The number of anilines is 1. The van der Waals surface area contributed by atoms with Crippen LogP contribution in [0.2, 0.25) is 0 Å². The van der Waals surface area contributed by atoms with Gasteiger partial charge in [0.15, 0.2) is 18.1 Å².